The maximum Gasteiger partial charge on any atom is 0.227 e. The molecule has 0 saturated carbocycles. The van der Waals surface area contributed by atoms with Crippen molar-refractivity contribution in [1.29, 1.82) is 0 Å². The Balaban J connectivity index is 1.71. The fourth-order valence-electron chi connectivity index (χ4n) is 2.25. The van der Waals surface area contributed by atoms with Gasteiger partial charge >= 0.3 is 0 Å². The Morgan fingerprint density at radius 1 is 1.33 bits per heavy atom. The fourth-order valence-corrected chi connectivity index (χ4v) is 3.18. The molecule has 0 radical (unpaired) electrons. The molecule has 3 aromatic rings. The summed E-state index contributed by atoms with van der Waals surface area (Å²) in [5.74, 6) is 0.639. The van der Waals surface area contributed by atoms with Crippen molar-refractivity contribution in [2.45, 2.75) is 26.8 Å². The summed E-state index contributed by atoms with van der Waals surface area (Å²) in [5.41, 5.74) is 3.04. The van der Waals surface area contributed by atoms with Crippen molar-refractivity contribution in [3.05, 3.63) is 45.7 Å². The van der Waals surface area contributed by atoms with Crippen LogP contribution >= 0.6 is 23.6 Å². The molecule has 6 nitrogen and oxygen atoms in total. The highest BCUT2D eigenvalue weighted by Gasteiger charge is 2.11. The van der Waals surface area contributed by atoms with E-state index in [9.17, 15) is 4.79 Å². The lowest BCUT2D eigenvalue weighted by molar-refractivity contribution is -0.116. The van der Waals surface area contributed by atoms with Crippen LogP contribution in [0, 0.1) is 18.6 Å². The number of hydrogen-bond acceptors (Lipinski definition) is 5. The van der Waals surface area contributed by atoms with Crippen LogP contribution in [0.25, 0.3) is 11.4 Å². The number of anilines is 1. The second-order valence-electron chi connectivity index (χ2n) is 5.46. The van der Waals surface area contributed by atoms with Gasteiger partial charge in [0.1, 0.15) is 0 Å². The summed E-state index contributed by atoms with van der Waals surface area (Å²) in [7, 11) is 0. The number of thiazole rings is 1. The molecule has 24 heavy (non-hydrogen) atoms. The van der Waals surface area contributed by atoms with Crippen molar-refractivity contribution < 1.29 is 4.79 Å². The first-order valence-electron chi connectivity index (χ1n) is 7.47. The molecule has 0 saturated heterocycles. The number of hydrogen-bond donors (Lipinski definition) is 2. The van der Waals surface area contributed by atoms with Crippen LogP contribution < -0.4 is 5.32 Å². The number of carbonyl (C=O) groups excluding carboxylic acids is 1. The van der Waals surface area contributed by atoms with Gasteiger partial charge in [-0.25, -0.2) is 4.98 Å². The Labute approximate surface area is 148 Å². The fraction of sp³-hybridized carbons (Fsp3) is 0.250. The van der Waals surface area contributed by atoms with Crippen LogP contribution in [0.4, 0.5) is 5.13 Å². The molecule has 1 aromatic carbocycles. The lowest BCUT2D eigenvalue weighted by Gasteiger charge is -2.07. The van der Waals surface area contributed by atoms with E-state index in [2.05, 4.69) is 20.5 Å². The van der Waals surface area contributed by atoms with Crippen LogP contribution in [0.2, 0.25) is 0 Å². The zero-order valence-corrected chi connectivity index (χ0v) is 15.0. The van der Waals surface area contributed by atoms with Gasteiger partial charge in [0.2, 0.25) is 5.91 Å². The van der Waals surface area contributed by atoms with Crippen molar-refractivity contribution in [2.75, 3.05) is 5.32 Å². The predicted octanol–water partition coefficient (Wildman–Crippen LogP) is 3.71. The van der Waals surface area contributed by atoms with Crippen LogP contribution in [-0.4, -0.2) is 25.7 Å². The van der Waals surface area contributed by atoms with Gasteiger partial charge in [0.25, 0.3) is 0 Å². The second kappa shape index (κ2) is 7.06. The van der Waals surface area contributed by atoms with E-state index in [4.69, 9.17) is 12.2 Å². The van der Waals surface area contributed by atoms with Gasteiger partial charge in [-0.15, -0.1) is 11.3 Å². The number of aromatic amines is 1. The summed E-state index contributed by atoms with van der Waals surface area (Å²) in [6, 6.07) is 8.04. The number of benzene rings is 1. The Hall–Kier alpha value is -2.32. The number of carbonyl (C=O) groups is 1. The highest BCUT2D eigenvalue weighted by Crippen LogP contribution is 2.19. The summed E-state index contributed by atoms with van der Waals surface area (Å²) in [5, 5.41) is 12.4. The van der Waals surface area contributed by atoms with Crippen molar-refractivity contribution in [1.82, 2.24) is 19.7 Å². The van der Waals surface area contributed by atoms with Crippen molar-refractivity contribution >= 4 is 34.6 Å². The lowest BCUT2D eigenvalue weighted by Crippen LogP contribution is -2.15. The second-order valence-corrected chi connectivity index (χ2v) is 6.71. The Morgan fingerprint density at radius 3 is 2.75 bits per heavy atom. The minimum Gasteiger partial charge on any atom is -0.302 e. The molecule has 124 valence electrons. The average Bonchev–Trinajstić information content (AvgIpc) is 3.12. The third-order valence-corrected chi connectivity index (χ3v) is 4.68. The molecule has 0 bridgehead atoms. The lowest BCUT2D eigenvalue weighted by atomic mass is 10.1. The number of aromatic nitrogens is 4. The predicted molar refractivity (Wildman–Crippen MR) is 97.7 cm³/mol. The normalized spacial score (nSPS) is 10.8. The van der Waals surface area contributed by atoms with Gasteiger partial charge in [-0.2, -0.15) is 5.10 Å². The maximum atomic E-state index is 12.1. The first kappa shape index (κ1) is 16.5. The smallest absolute Gasteiger partial charge is 0.227 e. The minimum absolute atomic E-state index is 0.0951. The SMILES string of the molecule is Cc1ccc(-c2n[nH]c(=S)n2CCC(=O)Nc2nc(C)cs2)cc1. The van der Waals surface area contributed by atoms with Crippen LogP contribution in [0.3, 0.4) is 0 Å². The first-order valence-corrected chi connectivity index (χ1v) is 8.76. The quantitative estimate of drug-likeness (QED) is 0.681. The van der Waals surface area contributed by atoms with E-state index in [0.717, 1.165) is 17.1 Å². The molecule has 2 heterocycles. The van der Waals surface area contributed by atoms with Gasteiger partial charge in [-0.05, 0) is 26.1 Å². The zero-order valence-electron chi connectivity index (χ0n) is 13.4. The number of nitrogens with zero attached hydrogens (tertiary/aromatic N) is 3. The number of nitrogens with one attached hydrogen (secondary N) is 2. The highest BCUT2D eigenvalue weighted by atomic mass is 32.1. The summed E-state index contributed by atoms with van der Waals surface area (Å²) in [6.45, 7) is 4.38. The first-order chi connectivity index (χ1) is 11.5. The molecule has 0 unspecified atom stereocenters. The molecular formula is C16H17N5OS2. The Kier molecular flexibility index (Phi) is 4.86. The topological polar surface area (TPSA) is 75.6 Å². The van der Waals surface area contributed by atoms with Gasteiger partial charge in [-0.3, -0.25) is 14.5 Å². The third-order valence-electron chi connectivity index (χ3n) is 3.50. The van der Waals surface area contributed by atoms with E-state index in [0.29, 0.717) is 22.9 Å². The van der Waals surface area contributed by atoms with E-state index in [1.807, 2.05) is 48.1 Å². The molecular weight excluding hydrogens is 342 g/mol. The van der Waals surface area contributed by atoms with E-state index < -0.39 is 0 Å². The monoisotopic (exact) mass is 359 g/mol. The highest BCUT2D eigenvalue weighted by molar-refractivity contribution is 7.71. The Morgan fingerprint density at radius 2 is 2.08 bits per heavy atom. The molecule has 0 atom stereocenters. The summed E-state index contributed by atoms with van der Waals surface area (Å²) >= 11 is 6.70. The molecule has 2 aromatic heterocycles. The van der Waals surface area contributed by atoms with E-state index in [1.54, 1.807) is 0 Å². The molecule has 0 aliphatic heterocycles. The number of H-pyrrole nitrogens is 1. The molecule has 2 N–H and O–H groups in total. The zero-order chi connectivity index (χ0) is 17.1. The van der Waals surface area contributed by atoms with Crippen LogP contribution in [-0.2, 0) is 11.3 Å². The molecule has 0 fully saturated rings. The summed E-state index contributed by atoms with van der Waals surface area (Å²) < 4.78 is 2.34. The molecule has 0 aliphatic carbocycles. The van der Waals surface area contributed by atoms with Gasteiger partial charge in [0, 0.05) is 23.9 Å². The van der Waals surface area contributed by atoms with Gasteiger partial charge in [0.05, 0.1) is 5.69 Å². The van der Waals surface area contributed by atoms with Crippen molar-refractivity contribution in [3.63, 3.8) is 0 Å². The van der Waals surface area contributed by atoms with Crippen LogP contribution in [0.15, 0.2) is 29.6 Å². The van der Waals surface area contributed by atoms with Gasteiger partial charge in [-0.1, -0.05) is 29.8 Å². The van der Waals surface area contributed by atoms with E-state index in [-0.39, 0.29) is 5.91 Å². The molecule has 0 aliphatic rings. The molecule has 3 rings (SSSR count). The third kappa shape index (κ3) is 3.77. The Bertz CT molecular complexity index is 907. The maximum absolute atomic E-state index is 12.1. The van der Waals surface area contributed by atoms with Crippen LogP contribution in [0.1, 0.15) is 17.7 Å². The molecule has 1 amide bonds. The van der Waals surface area contributed by atoms with Crippen molar-refractivity contribution in [2.24, 2.45) is 0 Å². The van der Waals surface area contributed by atoms with Crippen molar-refractivity contribution in [3.8, 4) is 11.4 Å². The molecule has 8 heteroatoms. The number of rotatable bonds is 5. The summed E-state index contributed by atoms with van der Waals surface area (Å²) in [6.07, 6.45) is 0.297. The largest absolute Gasteiger partial charge is 0.302 e. The van der Waals surface area contributed by atoms with E-state index >= 15 is 0 Å². The summed E-state index contributed by atoms with van der Waals surface area (Å²) in [4.78, 5) is 16.3. The van der Waals surface area contributed by atoms with Crippen LogP contribution in [0.5, 0.6) is 0 Å². The number of amides is 1. The van der Waals surface area contributed by atoms with E-state index in [1.165, 1.54) is 16.9 Å². The minimum atomic E-state index is -0.0951. The molecule has 0 spiro atoms. The van der Waals surface area contributed by atoms with Gasteiger partial charge < -0.3 is 5.32 Å². The standard InChI is InChI=1S/C16H17N5OS2/c1-10-3-5-12(6-4-10)14-19-20-16(23)21(14)8-7-13(22)18-15-17-11(2)9-24-15/h3-6,9H,7-8H2,1-2H3,(H,20,23)(H,17,18,22). The average molecular weight is 359 g/mol. The number of aryl methyl sites for hydroxylation is 2. The van der Waals surface area contributed by atoms with Gasteiger partial charge in [0.15, 0.2) is 15.7 Å².